The molecule has 0 fully saturated rings. The van der Waals surface area contributed by atoms with Crippen molar-refractivity contribution >= 4 is 17.3 Å². The minimum Gasteiger partial charge on any atom is -0.308 e. The highest BCUT2D eigenvalue weighted by Gasteiger charge is 2.16. The number of halogens is 3. The molecule has 2 aromatic carbocycles. The molecule has 2 rings (SSSR count). The topological polar surface area (TPSA) is 55.2 Å². The Morgan fingerprint density at radius 3 is 2.62 bits per heavy atom. The fraction of sp³-hybridized carbons (Fsp3) is 0.143. The highest BCUT2D eigenvalue weighted by molar-refractivity contribution is 6.31. The lowest BCUT2D eigenvalue weighted by molar-refractivity contribution is -0.385. The van der Waals surface area contributed by atoms with Gasteiger partial charge in [0.15, 0.2) is 0 Å². The molecule has 21 heavy (non-hydrogen) atoms. The third-order valence-electron chi connectivity index (χ3n) is 2.92. The minimum absolute atomic E-state index is 0.102. The lowest BCUT2D eigenvalue weighted by Gasteiger charge is -2.08. The molecule has 0 amide bonds. The van der Waals surface area contributed by atoms with E-state index in [1.807, 2.05) is 0 Å². The molecule has 0 heterocycles. The van der Waals surface area contributed by atoms with Crippen molar-refractivity contribution in [2.24, 2.45) is 0 Å². The van der Waals surface area contributed by atoms with Crippen LogP contribution < -0.4 is 5.32 Å². The van der Waals surface area contributed by atoms with E-state index >= 15 is 0 Å². The molecule has 0 bridgehead atoms. The van der Waals surface area contributed by atoms with E-state index < -0.39 is 16.6 Å². The van der Waals surface area contributed by atoms with E-state index in [0.29, 0.717) is 5.56 Å². The average Bonchev–Trinajstić information content (AvgIpc) is 2.42. The van der Waals surface area contributed by atoms with Crippen molar-refractivity contribution in [2.75, 3.05) is 0 Å². The summed E-state index contributed by atoms with van der Waals surface area (Å²) >= 11 is 5.94. The van der Waals surface area contributed by atoms with Crippen LogP contribution in [0.4, 0.5) is 14.5 Å². The molecule has 4 nitrogen and oxygen atoms in total. The van der Waals surface area contributed by atoms with E-state index in [-0.39, 0.29) is 29.4 Å². The Morgan fingerprint density at radius 2 is 1.95 bits per heavy atom. The summed E-state index contributed by atoms with van der Waals surface area (Å²) in [6.07, 6.45) is 0. The molecular formula is C14H11ClF2N2O2. The normalized spacial score (nSPS) is 10.6. The largest absolute Gasteiger partial charge is 0.308 e. The van der Waals surface area contributed by atoms with Crippen LogP contribution in [-0.4, -0.2) is 4.92 Å². The number of nitro benzene ring substituents is 1. The maximum absolute atomic E-state index is 13.4. The van der Waals surface area contributed by atoms with E-state index in [4.69, 9.17) is 11.6 Å². The van der Waals surface area contributed by atoms with Gasteiger partial charge in [0.2, 0.25) is 0 Å². The van der Waals surface area contributed by atoms with Crippen molar-refractivity contribution in [2.45, 2.75) is 13.1 Å². The Bertz CT molecular complexity index is 680. The SMILES string of the molecule is O=[N+]([O-])c1cccc(Cl)c1CNCc1ccc(F)cc1F. The van der Waals surface area contributed by atoms with Gasteiger partial charge in [-0.3, -0.25) is 10.1 Å². The molecule has 7 heteroatoms. The second-order valence-corrected chi connectivity index (χ2v) is 4.74. The van der Waals surface area contributed by atoms with Crippen molar-refractivity contribution in [3.8, 4) is 0 Å². The van der Waals surface area contributed by atoms with E-state index in [2.05, 4.69) is 5.32 Å². The number of hydrogen-bond donors (Lipinski definition) is 1. The smallest absolute Gasteiger partial charge is 0.275 e. The third-order valence-corrected chi connectivity index (χ3v) is 3.28. The molecule has 0 aliphatic rings. The number of nitrogens with zero attached hydrogens (tertiary/aromatic N) is 1. The Labute approximate surface area is 124 Å². The molecule has 1 N–H and O–H groups in total. The van der Waals surface area contributed by atoms with Crippen LogP contribution in [0.1, 0.15) is 11.1 Å². The molecular weight excluding hydrogens is 302 g/mol. The molecule has 0 aliphatic carbocycles. The molecule has 0 saturated carbocycles. The first-order valence-electron chi connectivity index (χ1n) is 6.05. The van der Waals surface area contributed by atoms with Gasteiger partial charge in [-0.15, -0.1) is 0 Å². The zero-order valence-electron chi connectivity index (χ0n) is 10.8. The first-order valence-corrected chi connectivity index (χ1v) is 6.43. The van der Waals surface area contributed by atoms with Gasteiger partial charge in [0.1, 0.15) is 11.6 Å². The Morgan fingerprint density at radius 1 is 1.19 bits per heavy atom. The second kappa shape index (κ2) is 6.60. The number of rotatable bonds is 5. The highest BCUT2D eigenvalue weighted by atomic mass is 35.5. The van der Waals surface area contributed by atoms with Gasteiger partial charge >= 0.3 is 0 Å². The minimum atomic E-state index is -0.670. The zero-order valence-corrected chi connectivity index (χ0v) is 11.5. The molecule has 0 aromatic heterocycles. The predicted molar refractivity (Wildman–Crippen MR) is 75.0 cm³/mol. The molecule has 110 valence electrons. The van der Waals surface area contributed by atoms with Gasteiger partial charge in [0.25, 0.3) is 5.69 Å². The van der Waals surface area contributed by atoms with E-state index in [9.17, 15) is 18.9 Å². The Kier molecular flexibility index (Phi) is 4.82. The molecule has 0 spiro atoms. The number of nitrogens with one attached hydrogen (secondary N) is 1. The van der Waals surface area contributed by atoms with Crippen LogP contribution in [0, 0.1) is 21.7 Å². The molecule has 0 radical (unpaired) electrons. The summed E-state index contributed by atoms with van der Waals surface area (Å²) in [4.78, 5) is 10.4. The third kappa shape index (κ3) is 3.74. The van der Waals surface area contributed by atoms with Crippen molar-refractivity contribution in [3.63, 3.8) is 0 Å². The fourth-order valence-corrected chi connectivity index (χ4v) is 2.12. The summed E-state index contributed by atoms with van der Waals surface area (Å²) < 4.78 is 26.2. The maximum Gasteiger partial charge on any atom is 0.275 e. The summed E-state index contributed by atoms with van der Waals surface area (Å²) in [5.41, 5.74) is 0.493. The van der Waals surface area contributed by atoms with Gasteiger partial charge in [-0.05, 0) is 12.1 Å². The first kappa shape index (κ1) is 15.3. The summed E-state index contributed by atoms with van der Waals surface area (Å²) in [5.74, 6) is -1.32. The first-order chi connectivity index (χ1) is 9.99. The van der Waals surface area contributed by atoms with E-state index in [0.717, 1.165) is 12.1 Å². The van der Waals surface area contributed by atoms with Crippen molar-refractivity contribution in [1.29, 1.82) is 0 Å². The average molecular weight is 313 g/mol. The Balaban J connectivity index is 2.09. The summed E-state index contributed by atoms with van der Waals surface area (Å²) in [5, 5.41) is 14.0. The quantitative estimate of drug-likeness (QED) is 0.674. The molecule has 0 saturated heterocycles. The van der Waals surface area contributed by atoms with Crippen LogP contribution in [0.5, 0.6) is 0 Å². The van der Waals surface area contributed by atoms with Gasteiger partial charge in [-0.1, -0.05) is 23.7 Å². The monoisotopic (exact) mass is 312 g/mol. The lowest BCUT2D eigenvalue weighted by Crippen LogP contribution is -2.15. The molecule has 0 atom stereocenters. The van der Waals surface area contributed by atoms with E-state index in [1.165, 1.54) is 18.2 Å². The van der Waals surface area contributed by atoms with Crippen molar-refractivity contribution in [3.05, 3.63) is 74.3 Å². The second-order valence-electron chi connectivity index (χ2n) is 4.33. The lowest BCUT2D eigenvalue weighted by atomic mass is 10.1. The highest BCUT2D eigenvalue weighted by Crippen LogP contribution is 2.26. The number of hydrogen-bond acceptors (Lipinski definition) is 3. The number of nitro groups is 1. The van der Waals surface area contributed by atoms with Crippen LogP contribution in [0.15, 0.2) is 36.4 Å². The van der Waals surface area contributed by atoms with Crippen LogP contribution in [0.25, 0.3) is 0 Å². The summed E-state index contributed by atoms with van der Waals surface area (Å²) in [6, 6.07) is 7.64. The van der Waals surface area contributed by atoms with Crippen LogP contribution in [0.2, 0.25) is 5.02 Å². The van der Waals surface area contributed by atoms with Gasteiger partial charge in [-0.2, -0.15) is 0 Å². The van der Waals surface area contributed by atoms with Gasteiger partial charge < -0.3 is 5.32 Å². The van der Waals surface area contributed by atoms with Crippen LogP contribution in [-0.2, 0) is 13.1 Å². The van der Waals surface area contributed by atoms with Gasteiger partial charge in [0, 0.05) is 30.8 Å². The number of benzene rings is 2. The predicted octanol–water partition coefficient (Wildman–Crippen LogP) is 3.82. The van der Waals surface area contributed by atoms with Crippen molar-refractivity contribution < 1.29 is 13.7 Å². The zero-order chi connectivity index (χ0) is 15.4. The molecule has 0 unspecified atom stereocenters. The fourth-order valence-electron chi connectivity index (χ4n) is 1.88. The van der Waals surface area contributed by atoms with Crippen molar-refractivity contribution in [1.82, 2.24) is 5.32 Å². The van der Waals surface area contributed by atoms with Crippen LogP contribution >= 0.6 is 11.6 Å². The molecule has 2 aromatic rings. The Hall–Kier alpha value is -2.05. The van der Waals surface area contributed by atoms with Gasteiger partial charge in [0.05, 0.1) is 15.5 Å². The summed E-state index contributed by atoms with van der Waals surface area (Å²) in [6.45, 7) is 0.210. The van der Waals surface area contributed by atoms with Crippen LogP contribution in [0.3, 0.4) is 0 Å². The maximum atomic E-state index is 13.4. The summed E-state index contributed by atoms with van der Waals surface area (Å²) in [7, 11) is 0. The molecule has 0 aliphatic heterocycles. The van der Waals surface area contributed by atoms with Gasteiger partial charge in [-0.25, -0.2) is 8.78 Å². The standard InChI is InChI=1S/C14H11ClF2N2O2/c15-12-2-1-3-14(19(20)21)11(12)8-18-7-9-4-5-10(16)6-13(9)17/h1-6,18H,7-8H2. The van der Waals surface area contributed by atoms with E-state index in [1.54, 1.807) is 6.07 Å².